The van der Waals surface area contributed by atoms with Crippen LogP contribution in [0.5, 0.6) is 0 Å². The highest BCUT2D eigenvalue weighted by Crippen LogP contribution is 2.23. The van der Waals surface area contributed by atoms with Crippen LogP contribution in [-0.4, -0.2) is 31.2 Å². The molecule has 0 radical (unpaired) electrons. The Morgan fingerprint density at radius 2 is 1.86 bits per heavy atom. The molecule has 2 N–H and O–H groups in total. The quantitative estimate of drug-likeness (QED) is 0.787. The monoisotopic (exact) mass is 339 g/mol. The number of pyridine rings is 1. The number of amides is 1. The van der Waals surface area contributed by atoms with Crippen LogP contribution in [0.1, 0.15) is 10.4 Å². The maximum atomic E-state index is 12.2. The molecule has 5 nitrogen and oxygen atoms in total. The van der Waals surface area contributed by atoms with Gasteiger partial charge in [-0.2, -0.15) is 0 Å². The first kappa shape index (κ1) is 16.5. The van der Waals surface area contributed by atoms with Gasteiger partial charge < -0.3 is 15.4 Å². The van der Waals surface area contributed by atoms with Gasteiger partial charge in [-0.3, -0.25) is 9.78 Å². The number of benzene rings is 1. The fourth-order valence-electron chi connectivity index (χ4n) is 1.79. The number of nitrogens with zero attached hydrogens (tertiary/aromatic N) is 1. The van der Waals surface area contributed by atoms with Crippen LogP contribution in [0.4, 0.5) is 11.4 Å². The molecule has 0 aliphatic rings. The van der Waals surface area contributed by atoms with Crippen LogP contribution in [0, 0.1) is 0 Å². The number of methoxy groups -OCH3 is 1. The van der Waals surface area contributed by atoms with Crippen molar-refractivity contribution in [3.63, 3.8) is 0 Å². The minimum Gasteiger partial charge on any atom is -0.383 e. The van der Waals surface area contributed by atoms with Crippen molar-refractivity contribution in [2.24, 2.45) is 0 Å². The third-order valence-electron chi connectivity index (χ3n) is 2.76. The van der Waals surface area contributed by atoms with Gasteiger partial charge in [-0.1, -0.05) is 23.2 Å². The maximum absolute atomic E-state index is 12.2. The molecule has 22 heavy (non-hydrogen) atoms. The van der Waals surface area contributed by atoms with Gasteiger partial charge in [0, 0.05) is 41.8 Å². The van der Waals surface area contributed by atoms with Gasteiger partial charge in [0.25, 0.3) is 5.91 Å². The Morgan fingerprint density at radius 3 is 2.55 bits per heavy atom. The molecule has 0 atom stereocenters. The van der Waals surface area contributed by atoms with Gasteiger partial charge in [0.15, 0.2) is 0 Å². The van der Waals surface area contributed by atoms with Crippen LogP contribution in [0.25, 0.3) is 0 Å². The van der Waals surface area contributed by atoms with E-state index >= 15 is 0 Å². The van der Waals surface area contributed by atoms with Crippen LogP contribution in [0.15, 0.2) is 36.7 Å². The van der Waals surface area contributed by atoms with Crippen LogP contribution in [0.2, 0.25) is 10.0 Å². The fraction of sp³-hybridized carbons (Fsp3) is 0.200. The molecule has 0 fully saturated rings. The van der Waals surface area contributed by atoms with Crippen molar-refractivity contribution < 1.29 is 9.53 Å². The SMILES string of the molecule is COCCNc1cncc(C(=O)Nc2cc(Cl)cc(Cl)c2)c1. The molecular formula is C15H15Cl2N3O2. The van der Waals surface area contributed by atoms with Gasteiger partial charge in [-0.15, -0.1) is 0 Å². The van der Waals surface area contributed by atoms with E-state index in [-0.39, 0.29) is 5.91 Å². The van der Waals surface area contributed by atoms with Gasteiger partial charge in [0.05, 0.1) is 17.9 Å². The number of rotatable bonds is 6. The van der Waals surface area contributed by atoms with Crippen LogP contribution in [-0.2, 0) is 4.74 Å². The summed E-state index contributed by atoms with van der Waals surface area (Å²) in [5, 5.41) is 6.76. The average Bonchev–Trinajstić information content (AvgIpc) is 2.47. The lowest BCUT2D eigenvalue weighted by atomic mass is 10.2. The lowest BCUT2D eigenvalue weighted by Gasteiger charge is -2.09. The molecule has 0 aliphatic carbocycles. The summed E-state index contributed by atoms with van der Waals surface area (Å²) in [5.74, 6) is -0.291. The van der Waals surface area contributed by atoms with E-state index in [0.29, 0.717) is 34.4 Å². The van der Waals surface area contributed by atoms with Crippen molar-refractivity contribution >= 4 is 40.5 Å². The number of ether oxygens (including phenoxy) is 1. The number of aromatic nitrogens is 1. The highest BCUT2D eigenvalue weighted by molar-refractivity contribution is 6.35. The predicted molar refractivity (Wildman–Crippen MR) is 89.0 cm³/mol. The Bertz CT molecular complexity index is 645. The van der Waals surface area contributed by atoms with E-state index in [1.807, 2.05) is 0 Å². The third-order valence-corrected chi connectivity index (χ3v) is 3.19. The molecule has 7 heteroatoms. The summed E-state index contributed by atoms with van der Waals surface area (Å²) in [6.45, 7) is 1.20. The Labute approximate surface area is 138 Å². The summed E-state index contributed by atoms with van der Waals surface area (Å²) in [7, 11) is 1.62. The number of carbonyl (C=O) groups is 1. The summed E-state index contributed by atoms with van der Waals surface area (Å²) < 4.78 is 4.96. The Balaban J connectivity index is 2.07. The summed E-state index contributed by atoms with van der Waals surface area (Å²) in [4.78, 5) is 16.3. The molecule has 1 aromatic heterocycles. The molecule has 1 heterocycles. The Morgan fingerprint density at radius 1 is 1.14 bits per heavy atom. The van der Waals surface area contributed by atoms with Gasteiger partial charge in [-0.25, -0.2) is 0 Å². The molecule has 116 valence electrons. The van der Waals surface area contributed by atoms with Crippen molar-refractivity contribution in [3.05, 3.63) is 52.3 Å². The first-order valence-electron chi connectivity index (χ1n) is 6.54. The maximum Gasteiger partial charge on any atom is 0.257 e. The number of nitrogens with one attached hydrogen (secondary N) is 2. The molecular weight excluding hydrogens is 325 g/mol. The number of hydrogen-bond acceptors (Lipinski definition) is 4. The van der Waals surface area contributed by atoms with E-state index in [4.69, 9.17) is 27.9 Å². The topological polar surface area (TPSA) is 63.2 Å². The second-order valence-corrected chi connectivity index (χ2v) is 5.37. The second-order valence-electron chi connectivity index (χ2n) is 4.49. The number of carbonyl (C=O) groups excluding carboxylic acids is 1. The van der Waals surface area contributed by atoms with Crippen molar-refractivity contribution in [2.75, 3.05) is 30.9 Å². The highest BCUT2D eigenvalue weighted by atomic mass is 35.5. The molecule has 1 amide bonds. The molecule has 0 saturated carbocycles. The van der Waals surface area contributed by atoms with E-state index in [1.54, 1.807) is 37.6 Å². The normalized spacial score (nSPS) is 10.3. The average molecular weight is 340 g/mol. The van der Waals surface area contributed by atoms with Crippen molar-refractivity contribution in [3.8, 4) is 0 Å². The summed E-state index contributed by atoms with van der Waals surface area (Å²) in [6.07, 6.45) is 3.13. The zero-order valence-electron chi connectivity index (χ0n) is 11.9. The first-order chi connectivity index (χ1) is 10.6. The largest absolute Gasteiger partial charge is 0.383 e. The number of halogens is 2. The van der Waals surface area contributed by atoms with Crippen molar-refractivity contribution in [1.82, 2.24) is 4.98 Å². The number of anilines is 2. The predicted octanol–water partition coefficient (Wildman–Crippen LogP) is 3.70. The van der Waals surface area contributed by atoms with E-state index in [2.05, 4.69) is 15.6 Å². The van der Waals surface area contributed by atoms with Gasteiger partial charge in [-0.05, 0) is 24.3 Å². The van der Waals surface area contributed by atoms with E-state index in [0.717, 1.165) is 5.69 Å². The first-order valence-corrected chi connectivity index (χ1v) is 7.29. The Hall–Kier alpha value is -1.82. The zero-order valence-corrected chi connectivity index (χ0v) is 13.4. The molecule has 0 aliphatic heterocycles. The van der Waals surface area contributed by atoms with Gasteiger partial charge >= 0.3 is 0 Å². The number of hydrogen-bond donors (Lipinski definition) is 2. The Kier molecular flexibility index (Phi) is 6.00. The molecule has 0 bridgehead atoms. The highest BCUT2D eigenvalue weighted by Gasteiger charge is 2.08. The molecule has 2 aromatic rings. The third kappa shape index (κ3) is 4.87. The molecule has 0 unspecified atom stereocenters. The molecule has 0 saturated heterocycles. The lowest BCUT2D eigenvalue weighted by Crippen LogP contribution is -2.13. The molecule has 1 aromatic carbocycles. The van der Waals surface area contributed by atoms with E-state index in [9.17, 15) is 4.79 Å². The van der Waals surface area contributed by atoms with Gasteiger partial charge in [0.1, 0.15) is 0 Å². The van der Waals surface area contributed by atoms with Crippen LogP contribution >= 0.6 is 23.2 Å². The second kappa shape index (κ2) is 7.98. The molecule has 0 spiro atoms. The van der Waals surface area contributed by atoms with E-state index in [1.165, 1.54) is 6.20 Å². The smallest absolute Gasteiger partial charge is 0.257 e. The van der Waals surface area contributed by atoms with Crippen LogP contribution in [0.3, 0.4) is 0 Å². The van der Waals surface area contributed by atoms with Gasteiger partial charge in [0.2, 0.25) is 0 Å². The lowest BCUT2D eigenvalue weighted by molar-refractivity contribution is 0.102. The van der Waals surface area contributed by atoms with Crippen molar-refractivity contribution in [2.45, 2.75) is 0 Å². The minimum absolute atomic E-state index is 0.291. The van der Waals surface area contributed by atoms with E-state index < -0.39 is 0 Å². The fourth-order valence-corrected chi connectivity index (χ4v) is 2.31. The summed E-state index contributed by atoms with van der Waals surface area (Å²) in [6, 6.07) is 6.56. The van der Waals surface area contributed by atoms with Crippen LogP contribution < -0.4 is 10.6 Å². The zero-order chi connectivity index (χ0) is 15.9. The minimum atomic E-state index is -0.291. The summed E-state index contributed by atoms with van der Waals surface area (Å²) in [5.41, 5.74) is 1.70. The standard InChI is InChI=1S/C15H15Cl2N3O2/c1-22-3-2-19-14-4-10(8-18-9-14)15(21)20-13-6-11(16)5-12(17)7-13/h4-9,19H,2-3H2,1H3,(H,20,21). The summed E-state index contributed by atoms with van der Waals surface area (Å²) >= 11 is 11.8. The molecule has 2 rings (SSSR count). The van der Waals surface area contributed by atoms with Crippen molar-refractivity contribution in [1.29, 1.82) is 0 Å².